The van der Waals surface area contributed by atoms with Crippen molar-refractivity contribution in [3.63, 3.8) is 0 Å². The number of aromatic nitrogens is 1. The van der Waals surface area contributed by atoms with Crippen LogP contribution in [-0.4, -0.2) is 41.1 Å². The minimum atomic E-state index is -4.87. The topological polar surface area (TPSA) is 56.3 Å². The van der Waals surface area contributed by atoms with Gasteiger partial charge in [-0.25, -0.2) is 4.39 Å². The smallest absolute Gasteiger partial charge is 0.393 e. The molecule has 0 amide bonds. The molecule has 0 bridgehead atoms. The van der Waals surface area contributed by atoms with Gasteiger partial charge < -0.3 is 15.0 Å². The largest absolute Gasteiger partial charge is 0.417 e. The molecule has 4 nitrogen and oxygen atoms in total. The minimum absolute atomic E-state index is 0.0601. The number of nitrogens with one attached hydrogen (secondary N) is 1. The molecule has 0 spiro atoms. The molecule has 1 aliphatic rings. The van der Waals surface area contributed by atoms with E-state index >= 15 is 0 Å². The Morgan fingerprint density at radius 2 is 1.83 bits per heavy atom. The van der Waals surface area contributed by atoms with E-state index in [9.17, 15) is 40.6 Å². The van der Waals surface area contributed by atoms with E-state index in [0.717, 1.165) is 24.0 Å². The molecule has 1 fully saturated rings. The summed E-state index contributed by atoms with van der Waals surface area (Å²) in [5.74, 6) is -2.28. The maximum atomic E-state index is 14.0. The maximum Gasteiger partial charge on any atom is 0.417 e. The number of pyridine rings is 1. The Bertz CT molecular complexity index is 952. The number of aromatic amines is 1. The number of aliphatic hydroxyl groups excluding tert-OH is 1. The van der Waals surface area contributed by atoms with Crippen LogP contribution >= 0.6 is 0 Å². The number of rotatable bonds is 3. The van der Waals surface area contributed by atoms with Gasteiger partial charge in [-0.05, 0) is 25.1 Å². The Morgan fingerprint density at radius 3 is 2.38 bits per heavy atom. The lowest BCUT2D eigenvalue weighted by molar-refractivity contribution is -0.203. The highest BCUT2D eigenvalue weighted by Crippen LogP contribution is 2.42. The summed E-state index contributed by atoms with van der Waals surface area (Å²) < 4.78 is 94.4. The zero-order valence-corrected chi connectivity index (χ0v) is 15.0. The Labute approximate surface area is 159 Å². The Morgan fingerprint density at radius 1 is 1.17 bits per heavy atom. The number of hydrogen-bond acceptors (Lipinski definition) is 3. The van der Waals surface area contributed by atoms with E-state index < -0.39 is 66.1 Å². The van der Waals surface area contributed by atoms with Crippen LogP contribution in [0.5, 0.6) is 0 Å². The van der Waals surface area contributed by atoms with Crippen molar-refractivity contribution < 1.29 is 35.8 Å². The van der Waals surface area contributed by atoms with Gasteiger partial charge in [-0.3, -0.25) is 4.79 Å². The summed E-state index contributed by atoms with van der Waals surface area (Å²) in [4.78, 5) is 14.8. The number of anilines is 1. The van der Waals surface area contributed by atoms with Gasteiger partial charge in [-0.1, -0.05) is 0 Å². The SMILES string of the molecule is CC(O)[C@@H](C1CC(F)CN1c1ccc2[nH]c(=O)cc(C(F)(F)F)c2c1)C(F)(F)F. The third-order valence-corrected chi connectivity index (χ3v) is 5.07. The zero-order chi connectivity index (χ0) is 21.7. The molecule has 3 rings (SSSR count). The first-order chi connectivity index (χ1) is 13.3. The molecule has 0 radical (unpaired) electrons. The van der Waals surface area contributed by atoms with Crippen LogP contribution in [0.15, 0.2) is 29.1 Å². The third kappa shape index (κ3) is 4.19. The van der Waals surface area contributed by atoms with Gasteiger partial charge in [0.15, 0.2) is 0 Å². The first-order valence-electron chi connectivity index (χ1n) is 8.69. The Balaban J connectivity index is 2.13. The van der Waals surface area contributed by atoms with Crippen molar-refractivity contribution in [3.05, 3.63) is 40.2 Å². The van der Waals surface area contributed by atoms with E-state index in [1.807, 2.05) is 0 Å². The van der Waals surface area contributed by atoms with Crippen molar-refractivity contribution in [2.75, 3.05) is 11.4 Å². The number of H-pyrrole nitrogens is 1. The normalized spacial score (nSPS) is 22.9. The second-order valence-electron chi connectivity index (χ2n) is 7.14. The van der Waals surface area contributed by atoms with Crippen LogP contribution in [0.2, 0.25) is 0 Å². The number of halogens is 7. The second-order valence-corrected chi connectivity index (χ2v) is 7.14. The van der Waals surface area contributed by atoms with Crippen LogP contribution < -0.4 is 10.5 Å². The van der Waals surface area contributed by atoms with Crippen molar-refractivity contribution in [1.29, 1.82) is 0 Å². The van der Waals surface area contributed by atoms with E-state index in [2.05, 4.69) is 4.98 Å². The van der Waals surface area contributed by atoms with Gasteiger partial charge in [0.1, 0.15) is 12.1 Å². The third-order valence-electron chi connectivity index (χ3n) is 5.07. The van der Waals surface area contributed by atoms with Crippen LogP contribution in [0.4, 0.5) is 36.4 Å². The predicted molar refractivity (Wildman–Crippen MR) is 91.4 cm³/mol. The molecule has 1 aliphatic heterocycles. The fraction of sp³-hybridized carbons (Fsp3) is 0.500. The van der Waals surface area contributed by atoms with Gasteiger partial charge in [-0.15, -0.1) is 0 Å². The number of alkyl halides is 7. The predicted octanol–water partition coefficient (Wildman–Crippen LogP) is 4.02. The standard InChI is InChI=1S/C18H17F7N2O2/c1-8(28)16(18(23,24)25)14-4-9(19)7-27(14)10-2-3-13-11(5-10)12(17(20,21)22)6-15(29)26-13/h2-3,5-6,8-9,14,16,28H,4,7H2,1H3,(H,26,29)/t8?,9?,14?,16-/m0/s1. The van der Waals surface area contributed by atoms with Crippen molar-refractivity contribution >= 4 is 16.6 Å². The van der Waals surface area contributed by atoms with Gasteiger partial charge in [0.05, 0.1) is 11.7 Å². The summed E-state index contributed by atoms with van der Waals surface area (Å²) in [5, 5.41) is 9.23. The molecule has 0 aliphatic carbocycles. The van der Waals surface area contributed by atoms with E-state index in [1.165, 1.54) is 6.07 Å². The van der Waals surface area contributed by atoms with E-state index in [0.29, 0.717) is 6.07 Å². The molecule has 3 unspecified atom stereocenters. The van der Waals surface area contributed by atoms with Crippen LogP contribution in [0.25, 0.3) is 10.9 Å². The summed E-state index contributed by atoms with van der Waals surface area (Å²) in [5.41, 5.74) is -2.43. The van der Waals surface area contributed by atoms with Crippen molar-refractivity contribution in [1.82, 2.24) is 4.98 Å². The van der Waals surface area contributed by atoms with Gasteiger partial charge in [0.25, 0.3) is 0 Å². The second kappa shape index (κ2) is 7.19. The summed E-state index contributed by atoms with van der Waals surface area (Å²) in [7, 11) is 0. The highest BCUT2D eigenvalue weighted by atomic mass is 19.4. The summed E-state index contributed by atoms with van der Waals surface area (Å²) >= 11 is 0. The fourth-order valence-electron chi connectivity index (χ4n) is 3.92. The number of fused-ring (bicyclic) bond motifs is 1. The number of nitrogens with zero attached hydrogens (tertiary/aromatic N) is 1. The summed E-state index contributed by atoms with van der Waals surface area (Å²) in [6.45, 7) is 0.481. The lowest BCUT2D eigenvalue weighted by Crippen LogP contribution is -2.48. The van der Waals surface area contributed by atoms with E-state index in [-0.39, 0.29) is 11.2 Å². The van der Waals surface area contributed by atoms with Gasteiger partial charge in [-0.2, -0.15) is 26.3 Å². The molecule has 0 saturated carbocycles. The van der Waals surface area contributed by atoms with Gasteiger partial charge >= 0.3 is 12.4 Å². The molecule has 11 heteroatoms. The van der Waals surface area contributed by atoms with Crippen LogP contribution in [0.1, 0.15) is 18.9 Å². The van der Waals surface area contributed by atoms with Crippen LogP contribution in [0, 0.1) is 5.92 Å². The van der Waals surface area contributed by atoms with Crippen molar-refractivity contribution in [2.45, 2.75) is 44.0 Å². The number of hydrogen-bond donors (Lipinski definition) is 2. The lowest BCUT2D eigenvalue weighted by atomic mass is 9.91. The monoisotopic (exact) mass is 426 g/mol. The fourth-order valence-corrected chi connectivity index (χ4v) is 3.92. The van der Waals surface area contributed by atoms with Gasteiger partial charge in [0.2, 0.25) is 5.56 Å². The average molecular weight is 426 g/mol. The molecular weight excluding hydrogens is 409 g/mol. The first kappa shape index (κ1) is 21.4. The van der Waals surface area contributed by atoms with Crippen LogP contribution in [-0.2, 0) is 6.18 Å². The Hall–Kier alpha value is -2.30. The molecule has 2 heterocycles. The van der Waals surface area contributed by atoms with Crippen molar-refractivity contribution in [2.24, 2.45) is 5.92 Å². The molecule has 29 heavy (non-hydrogen) atoms. The molecular formula is C18H17F7N2O2. The van der Waals surface area contributed by atoms with Crippen molar-refractivity contribution in [3.8, 4) is 0 Å². The first-order valence-corrected chi connectivity index (χ1v) is 8.69. The highest BCUT2D eigenvalue weighted by Gasteiger charge is 2.52. The lowest BCUT2D eigenvalue weighted by Gasteiger charge is -2.35. The minimum Gasteiger partial charge on any atom is -0.393 e. The average Bonchev–Trinajstić information content (AvgIpc) is 2.92. The molecule has 4 atom stereocenters. The van der Waals surface area contributed by atoms with E-state index in [4.69, 9.17) is 0 Å². The van der Waals surface area contributed by atoms with E-state index in [1.54, 1.807) is 0 Å². The summed E-state index contributed by atoms with van der Waals surface area (Å²) in [6.07, 6.45) is -13.7. The molecule has 160 valence electrons. The molecule has 2 N–H and O–H groups in total. The molecule has 2 aromatic rings. The zero-order valence-electron chi connectivity index (χ0n) is 15.0. The summed E-state index contributed by atoms with van der Waals surface area (Å²) in [6, 6.07) is 2.21. The molecule has 1 aromatic heterocycles. The quantitative estimate of drug-likeness (QED) is 0.729. The maximum absolute atomic E-state index is 14.0. The number of aliphatic hydroxyl groups is 1. The highest BCUT2D eigenvalue weighted by molar-refractivity contribution is 5.86. The van der Waals surface area contributed by atoms with Crippen LogP contribution in [0.3, 0.4) is 0 Å². The molecule has 1 aromatic carbocycles. The number of benzene rings is 1. The van der Waals surface area contributed by atoms with Gasteiger partial charge in [0, 0.05) is 41.7 Å². The molecule has 1 saturated heterocycles. The Kier molecular flexibility index (Phi) is 5.31.